The summed E-state index contributed by atoms with van der Waals surface area (Å²) in [7, 11) is 1.57. The van der Waals surface area contributed by atoms with Crippen molar-refractivity contribution >= 4 is 17.5 Å². The van der Waals surface area contributed by atoms with E-state index in [1.54, 1.807) is 32.2 Å². The molecule has 0 radical (unpaired) electrons. The molecule has 0 aliphatic carbocycles. The highest BCUT2D eigenvalue weighted by atomic mass is 35.5. The first-order valence-corrected chi connectivity index (χ1v) is 7.07. The second kappa shape index (κ2) is 8.12. The van der Waals surface area contributed by atoms with Crippen LogP contribution >= 0.6 is 11.6 Å². The van der Waals surface area contributed by atoms with E-state index in [9.17, 15) is 9.90 Å². The zero-order valence-electron chi connectivity index (χ0n) is 12.1. The van der Waals surface area contributed by atoms with Gasteiger partial charge in [0.05, 0.1) is 19.6 Å². The SMILES string of the molecule is COc1ccc(CC(=O)NCC(C)CC(C)O)c(Cl)c1. The van der Waals surface area contributed by atoms with Crippen LogP contribution in [0.25, 0.3) is 0 Å². The Kier molecular flexibility index (Phi) is 6.82. The van der Waals surface area contributed by atoms with Gasteiger partial charge in [0.15, 0.2) is 0 Å². The molecule has 0 spiro atoms. The van der Waals surface area contributed by atoms with Crippen molar-refractivity contribution in [2.24, 2.45) is 5.92 Å². The molecule has 0 heterocycles. The fourth-order valence-electron chi connectivity index (χ4n) is 1.99. The van der Waals surface area contributed by atoms with Gasteiger partial charge >= 0.3 is 0 Å². The highest BCUT2D eigenvalue weighted by Crippen LogP contribution is 2.22. The maximum Gasteiger partial charge on any atom is 0.224 e. The van der Waals surface area contributed by atoms with Crippen LogP contribution in [-0.4, -0.2) is 30.8 Å². The van der Waals surface area contributed by atoms with Gasteiger partial charge in [-0.3, -0.25) is 4.79 Å². The summed E-state index contributed by atoms with van der Waals surface area (Å²) < 4.78 is 5.06. The molecule has 1 aromatic rings. The first kappa shape index (κ1) is 16.8. The van der Waals surface area contributed by atoms with Crippen LogP contribution in [0.2, 0.25) is 5.02 Å². The van der Waals surface area contributed by atoms with E-state index in [1.165, 1.54) is 0 Å². The van der Waals surface area contributed by atoms with Crippen molar-refractivity contribution < 1.29 is 14.6 Å². The molecule has 5 heteroatoms. The number of benzene rings is 1. The molecule has 0 aliphatic rings. The van der Waals surface area contributed by atoms with Crippen molar-refractivity contribution in [2.45, 2.75) is 32.8 Å². The van der Waals surface area contributed by atoms with Crippen molar-refractivity contribution in [3.63, 3.8) is 0 Å². The number of nitrogens with one attached hydrogen (secondary N) is 1. The molecule has 0 fully saturated rings. The Balaban J connectivity index is 2.46. The molecule has 0 bridgehead atoms. The van der Waals surface area contributed by atoms with Gasteiger partial charge in [-0.05, 0) is 37.0 Å². The second-order valence-electron chi connectivity index (χ2n) is 5.13. The molecule has 2 unspecified atom stereocenters. The second-order valence-corrected chi connectivity index (χ2v) is 5.54. The Morgan fingerprint density at radius 3 is 2.70 bits per heavy atom. The van der Waals surface area contributed by atoms with Gasteiger partial charge in [-0.15, -0.1) is 0 Å². The number of halogens is 1. The van der Waals surface area contributed by atoms with E-state index >= 15 is 0 Å². The molecular weight excluding hydrogens is 278 g/mol. The molecule has 1 amide bonds. The number of aliphatic hydroxyl groups is 1. The summed E-state index contributed by atoms with van der Waals surface area (Å²) in [5.41, 5.74) is 0.771. The number of amides is 1. The summed E-state index contributed by atoms with van der Waals surface area (Å²) in [5.74, 6) is 0.838. The van der Waals surface area contributed by atoms with Gasteiger partial charge in [0.25, 0.3) is 0 Å². The van der Waals surface area contributed by atoms with E-state index in [4.69, 9.17) is 16.3 Å². The van der Waals surface area contributed by atoms with Crippen molar-refractivity contribution in [3.8, 4) is 5.75 Å². The topological polar surface area (TPSA) is 58.6 Å². The molecule has 0 aromatic heterocycles. The average molecular weight is 300 g/mol. The number of methoxy groups -OCH3 is 1. The number of rotatable bonds is 7. The average Bonchev–Trinajstić information content (AvgIpc) is 2.38. The Morgan fingerprint density at radius 1 is 1.45 bits per heavy atom. The van der Waals surface area contributed by atoms with Crippen LogP contribution in [-0.2, 0) is 11.2 Å². The van der Waals surface area contributed by atoms with E-state index in [1.807, 2.05) is 6.92 Å². The third-order valence-electron chi connectivity index (χ3n) is 3.00. The quantitative estimate of drug-likeness (QED) is 0.813. The predicted octanol–water partition coefficient (Wildman–Crippen LogP) is 2.41. The number of ether oxygens (including phenoxy) is 1. The molecule has 2 N–H and O–H groups in total. The molecule has 4 nitrogen and oxygen atoms in total. The molecule has 112 valence electrons. The predicted molar refractivity (Wildman–Crippen MR) is 80.2 cm³/mol. The van der Waals surface area contributed by atoms with Crippen molar-refractivity contribution in [1.29, 1.82) is 0 Å². The number of aliphatic hydroxyl groups excluding tert-OH is 1. The minimum Gasteiger partial charge on any atom is -0.497 e. The van der Waals surface area contributed by atoms with Crippen LogP contribution < -0.4 is 10.1 Å². The Bertz CT molecular complexity index is 449. The maximum atomic E-state index is 11.8. The maximum absolute atomic E-state index is 11.8. The summed E-state index contributed by atoms with van der Waals surface area (Å²) in [4.78, 5) is 11.8. The van der Waals surface area contributed by atoms with E-state index in [0.717, 1.165) is 5.56 Å². The number of carbonyl (C=O) groups excluding carboxylic acids is 1. The Hall–Kier alpha value is -1.26. The molecule has 1 rings (SSSR count). The molecule has 0 aliphatic heterocycles. The lowest BCUT2D eigenvalue weighted by Crippen LogP contribution is -2.30. The third kappa shape index (κ3) is 5.80. The fourth-order valence-corrected chi connectivity index (χ4v) is 2.22. The van der Waals surface area contributed by atoms with E-state index in [0.29, 0.717) is 23.7 Å². The van der Waals surface area contributed by atoms with Crippen LogP contribution in [0.3, 0.4) is 0 Å². The monoisotopic (exact) mass is 299 g/mol. The van der Waals surface area contributed by atoms with Crippen molar-refractivity contribution in [3.05, 3.63) is 28.8 Å². The molecule has 0 saturated carbocycles. The number of carbonyl (C=O) groups is 1. The van der Waals surface area contributed by atoms with Crippen LogP contribution in [0.5, 0.6) is 5.75 Å². The van der Waals surface area contributed by atoms with Crippen LogP contribution in [0.1, 0.15) is 25.8 Å². The summed E-state index contributed by atoms with van der Waals surface area (Å²) in [6, 6.07) is 5.27. The largest absolute Gasteiger partial charge is 0.497 e. The summed E-state index contributed by atoms with van der Waals surface area (Å²) >= 11 is 6.09. The molecule has 0 saturated heterocycles. The smallest absolute Gasteiger partial charge is 0.224 e. The molecule has 2 atom stereocenters. The van der Waals surface area contributed by atoms with Gasteiger partial charge in [-0.2, -0.15) is 0 Å². The van der Waals surface area contributed by atoms with Gasteiger partial charge in [-0.1, -0.05) is 24.6 Å². The Morgan fingerprint density at radius 2 is 2.15 bits per heavy atom. The van der Waals surface area contributed by atoms with E-state index in [2.05, 4.69) is 5.32 Å². The first-order valence-electron chi connectivity index (χ1n) is 6.69. The lowest BCUT2D eigenvalue weighted by Gasteiger charge is -2.14. The van der Waals surface area contributed by atoms with Gasteiger partial charge in [0, 0.05) is 11.6 Å². The zero-order valence-corrected chi connectivity index (χ0v) is 12.9. The summed E-state index contributed by atoms with van der Waals surface area (Å²) in [6.07, 6.45) is 0.561. The molecule has 1 aromatic carbocycles. The minimum absolute atomic E-state index is 0.0745. The van der Waals surface area contributed by atoms with Gasteiger partial charge in [-0.25, -0.2) is 0 Å². The number of hydrogen-bond acceptors (Lipinski definition) is 3. The van der Waals surface area contributed by atoms with Crippen LogP contribution in [0, 0.1) is 5.92 Å². The van der Waals surface area contributed by atoms with Crippen LogP contribution in [0.15, 0.2) is 18.2 Å². The first-order chi connectivity index (χ1) is 9.42. The normalized spacial score (nSPS) is 13.7. The standard InChI is InChI=1S/C15H22ClNO3/c1-10(6-11(2)18)9-17-15(19)7-12-4-5-13(20-3)8-14(12)16/h4-5,8,10-11,18H,6-7,9H2,1-3H3,(H,17,19). The lowest BCUT2D eigenvalue weighted by molar-refractivity contribution is -0.120. The van der Waals surface area contributed by atoms with Gasteiger partial charge in [0.1, 0.15) is 5.75 Å². The van der Waals surface area contributed by atoms with Gasteiger partial charge in [0.2, 0.25) is 5.91 Å². The van der Waals surface area contributed by atoms with E-state index < -0.39 is 0 Å². The fraction of sp³-hybridized carbons (Fsp3) is 0.533. The van der Waals surface area contributed by atoms with Crippen molar-refractivity contribution in [2.75, 3.05) is 13.7 Å². The van der Waals surface area contributed by atoms with Crippen LogP contribution in [0.4, 0.5) is 0 Å². The lowest BCUT2D eigenvalue weighted by atomic mass is 10.0. The third-order valence-corrected chi connectivity index (χ3v) is 3.35. The highest BCUT2D eigenvalue weighted by molar-refractivity contribution is 6.31. The zero-order chi connectivity index (χ0) is 15.1. The summed E-state index contributed by atoms with van der Waals surface area (Å²) in [5, 5.41) is 12.6. The summed E-state index contributed by atoms with van der Waals surface area (Å²) in [6.45, 7) is 4.29. The highest BCUT2D eigenvalue weighted by Gasteiger charge is 2.11. The minimum atomic E-state index is -0.349. The van der Waals surface area contributed by atoms with E-state index in [-0.39, 0.29) is 24.3 Å². The number of hydrogen-bond donors (Lipinski definition) is 2. The molecule has 20 heavy (non-hydrogen) atoms. The van der Waals surface area contributed by atoms with Crippen molar-refractivity contribution in [1.82, 2.24) is 5.32 Å². The molecular formula is C15H22ClNO3. The Labute approximate surface area is 125 Å². The van der Waals surface area contributed by atoms with Gasteiger partial charge < -0.3 is 15.2 Å².